The number of hydrogen-bond donors (Lipinski definition) is 2. The van der Waals surface area contributed by atoms with Crippen LogP contribution in [0.4, 0.5) is 0 Å². The van der Waals surface area contributed by atoms with E-state index in [1.807, 2.05) is 26.0 Å². The first-order valence-corrected chi connectivity index (χ1v) is 9.09. The Morgan fingerprint density at radius 2 is 1.92 bits per heavy atom. The Morgan fingerprint density at radius 3 is 2.60 bits per heavy atom. The maximum atomic E-state index is 12.6. The van der Waals surface area contributed by atoms with Crippen LogP contribution in [-0.2, 0) is 6.54 Å². The lowest BCUT2D eigenvalue weighted by Gasteiger charge is -2.14. The fraction of sp³-hybridized carbons (Fsp3) is 0.526. The summed E-state index contributed by atoms with van der Waals surface area (Å²) in [6, 6.07) is 7.35. The van der Waals surface area contributed by atoms with Crippen molar-refractivity contribution in [2.24, 2.45) is 0 Å². The number of aromatic nitrogens is 2. The molecule has 0 spiro atoms. The van der Waals surface area contributed by atoms with Crippen LogP contribution >= 0.6 is 0 Å². The van der Waals surface area contributed by atoms with E-state index in [4.69, 9.17) is 0 Å². The number of nitrogens with one attached hydrogen (secondary N) is 2. The summed E-state index contributed by atoms with van der Waals surface area (Å²) >= 11 is 0. The molecule has 6 nitrogen and oxygen atoms in total. The van der Waals surface area contributed by atoms with Crippen LogP contribution in [0.3, 0.4) is 0 Å². The first-order valence-electron chi connectivity index (χ1n) is 9.09. The second-order valence-corrected chi connectivity index (χ2v) is 6.30. The first kappa shape index (κ1) is 19.1. The van der Waals surface area contributed by atoms with E-state index in [0.29, 0.717) is 29.6 Å². The number of carbonyl (C=O) groups is 1. The van der Waals surface area contributed by atoms with Gasteiger partial charge < -0.3 is 10.6 Å². The van der Waals surface area contributed by atoms with Gasteiger partial charge in [-0.1, -0.05) is 44.9 Å². The molecule has 0 aliphatic carbocycles. The number of likely N-dealkylation sites (N-methyl/N-ethyl adjacent to an activating group) is 1. The van der Waals surface area contributed by atoms with Crippen LogP contribution in [0, 0.1) is 0 Å². The van der Waals surface area contributed by atoms with E-state index in [1.54, 1.807) is 12.1 Å². The van der Waals surface area contributed by atoms with Crippen LogP contribution in [0.25, 0.3) is 10.8 Å². The molecule has 0 unspecified atom stereocenters. The summed E-state index contributed by atoms with van der Waals surface area (Å²) in [4.78, 5) is 25.3. The zero-order chi connectivity index (χ0) is 18.2. The maximum absolute atomic E-state index is 12.6. The van der Waals surface area contributed by atoms with E-state index in [-0.39, 0.29) is 17.5 Å². The minimum absolute atomic E-state index is 0.135. The number of carbonyl (C=O) groups excluding carboxylic acids is 1. The summed E-state index contributed by atoms with van der Waals surface area (Å²) in [6.07, 6.45) is 2.97. The van der Waals surface area contributed by atoms with Crippen molar-refractivity contribution in [1.82, 2.24) is 20.4 Å². The molecule has 2 aromatic rings. The molecular weight excluding hydrogens is 316 g/mol. The summed E-state index contributed by atoms with van der Waals surface area (Å²) < 4.78 is 1.43. The Labute approximate surface area is 148 Å². The highest BCUT2D eigenvalue weighted by molar-refractivity contribution is 6.04. The average molecular weight is 344 g/mol. The van der Waals surface area contributed by atoms with Crippen LogP contribution in [0.2, 0.25) is 0 Å². The third kappa shape index (κ3) is 4.89. The van der Waals surface area contributed by atoms with E-state index < -0.39 is 0 Å². The number of fused-ring (bicyclic) bond motifs is 1. The summed E-state index contributed by atoms with van der Waals surface area (Å²) in [5, 5.41) is 11.7. The van der Waals surface area contributed by atoms with Crippen molar-refractivity contribution in [2.75, 3.05) is 13.1 Å². The quantitative estimate of drug-likeness (QED) is 0.685. The molecule has 1 atom stereocenters. The molecule has 1 aromatic heterocycles. The zero-order valence-electron chi connectivity index (χ0n) is 15.3. The van der Waals surface area contributed by atoms with Crippen molar-refractivity contribution in [2.45, 2.75) is 52.6 Å². The van der Waals surface area contributed by atoms with Gasteiger partial charge in [0, 0.05) is 24.5 Å². The predicted octanol–water partition coefficient (Wildman–Crippen LogP) is 2.31. The number of amides is 1. The standard InChI is InChI=1S/C19H28N4O2/c1-4-6-9-12-23-19(25)16-11-8-7-10-15(16)17(22-23)18(24)21-13-14(3)20-5-2/h7-8,10-11,14,20H,4-6,9,12-13H2,1-3H3,(H,21,24)/t14-/m1/s1. The third-order valence-corrected chi connectivity index (χ3v) is 4.18. The van der Waals surface area contributed by atoms with E-state index in [9.17, 15) is 9.59 Å². The topological polar surface area (TPSA) is 76.0 Å². The van der Waals surface area contributed by atoms with Gasteiger partial charge >= 0.3 is 0 Å². The second-order valence-electron chi connectivity index (χ2n) is 6.30. The molecule has 2 rings (SSSR count). The smallest absolute Gasteiger partial charge is 0.274 e. The zero-order valence-corrected chi connectivity index (χ0v) is 15.3. The lowest BCUT2D eigenvalue weighted by atomic mass is 10.1. The molecular formula is C19H28N4O2. The van der Waals surface area contributed by atoms with Gasteiger partial charge in [-0.3, -0.25) is 9.59 Å². The minimum Gasteiger partial charge on any atom is -0.349 e. The summed E-state index contributed by atoms with van der Waals surface area (Å²) in [6.45, 7) is 8.05. The molecule has 0 radical (unpaired) electrons. The van der Waals surface area contributed by atoms with E-state index >= 15 is 0 Å². The van der Waals surface area contributed by atoms with Crippen molar-refractivity contribution in [3.05, 3.63) is 40.3 Å². The monoisotopic (exact) mass is 344 g/mol. The largest absolute Gasteiger partial charge is 0.349 e. The molecule has 25 heavy (non-hydrogen) atoms. The Kier molecular flexibility index (Phi) is 7.13. The SMILES string of the molecule is CCCCCn1nc(C(=O)NC[C@@H](C)NCC)c2ccccc2c1=O. The van der Waals surface area contributed by atoms with E-state index in [0.717, 1.165) is 25.8 Å². The number of nitrogens with zero attached hydrogens (tertiary/aromatic N) is 2. The predicted molar refractivity (Wildman–Crippen MR) is 101 cm³/mol. The van der Waals surface area contributed by atoms with Gasteiger partial charge in [0.1, 0.15) is 0 Å². The van der Waals surface area contributed by atoms with Gasteiger partial charge in [-0.25, -0.2) is 4.68 Å². The van der Waals surface area contributed by atoms with Crippen LogP contribution in [0.5, 0.6) is 0 Å². The van der Waals surface area contributed by atoms with Crippen molar-refractivity contribution >= 4 is 16.7 Å². The average Bonchev–Trinajstić information content (AvgIpc) is 2.62. The molecule has 2 N–H and O–H groups in total. The van der Waals surface area contributed by atoms with Crippen LogP contribution in [-0.4, -0.2) is 34.8 Å². The molecule has 1 heterocycles. The highest BCUT2D eigenvalue weighted by Gasteiger charge is 2.16. The highest BCUT2D eigenvalue weighted by atomic mass is 16.2. The highest BCUT2D eigenvalue weighted by Crippen LogP contribution is 2.13. The number of benzene rings is 1. The molecule has 0 saturated heterocycles. The van der Waals surface area contributed by atoms with Gasteiger partial charge in [-0.05, 0) is 26.0 Å². The normalized spacial score (nSPS) is 12.3. The van der Waals surface area contributed by atoms with Crippen molar-refractivity contribution in [1.29, 1.82) is 0 Å². The van der Waals surface area contributed by atoms with Gasteiger partial charge in [0.2, 0.25) is 0 Å². The van der Waals surface area contributed by atoms with Gasteiger partial charge in [-0.2, -0.15) is 5.10 Å². The molecule has 0 saturated carbocycles. The molecule has 0 aliphatic heterocycles. The second kappa shape index (κ2) is 9.32. The Bertz CT molecular complexity index is 770. The summed E-state index contributed by atoms with van der Waals surface area (Å²) in [5.41, 5.74) is 0.180. The molecule has 1 aromatic carbocycles. The third-order valence-electron chi connectivity index (χ3n) is 4.18. The number of hydrogen-bond acceptors (Lipinski definition) is 4. The number of rotatable bonds is 9. The number of unbranched alkanes of at least 4 members (excludes halogenated alkanes) is 2. The van der Waals surface area contributed by atoms with Crippen molar-refractivity contribution in [3.8, 4) is 0 Å². The Hall–Kier alpha value is -2.21. The molecule has 6 heteroatoms. The van der Waals surface area contributed by atoms with Crippen LogP contribution in [0.1, 0.15) is 50.5 Å². The van der Waals surface area contributed by atoms with Gasteiger partial charge in [0.05, 0.1) is 5.39 Å². The lowest BCUT2D eigenvalue weighted by molar-refractivity contribution is 0.0944. The van der Waals surface area contributed by atoms with Crippen LogP contribution in [0.15, 0.2) is 29.1 Å². The molecule has 1 amide bonds. The van der Waals surface area contributed by atoms with Crippen LogP contribution < -0.4 is 16.2 Å². The van der Waals surface area contributed by atoms with Gasteiger partial charge in [0.25, 0.3) is 11.5 Å². The minimum atomic E-state index is -0.245. The van der Waals surface area contributed by atoms with Gasteiger partial charge in [-0.15, -0.1) is 0 Å². The van der Waals surface area contributed by atoms with Crippen molar-refractivity contribution in [3.63, 3.8) is 0 Å². The van der Waals surface area contributed by atoms with E-state index in [2.05, 4.69) is 22.7 Å². The fourth-order valence-electron chi connectivity index (χ4n) is 2.82. The number of aryl methyl sites for hydroxylation is 1. The molecule has 136 valence electrons. The fourth-order valence-corrected chi connectivity index (χ4v) is 2.82. The molecule has 0 aliphatic rings. The summed E-state index contributed by atoms with van der Waals surface area (Å²) in [7, 11) is 0. The Morgan fingerprint density at radius 1 is 1.20 bits per heavy atom. The van der Waals surface area contributed by atoms with Crippen molar-refractivity contribution < 1.29 is 4.79 Å². The maximum Gasteiger partial charge on any atom is 0.274 e. The molecule has 0 bridgehead atoms. The van der Waals surface area contributed by atoms with E-state index in [1.165, 1.54) is 4.68 Å². The lowest BCUT2D eigenvalue weighted by Crippen LogP contribution is -2.39. The van der Waals surface area contributed by atoms with Gasteiger partial charge in [0.15, 0.2) is 5.69 Å². The first-order chi connectivity index (χ1) is 12.1. The molecule has 0 fully saturated rings. The Balaban J connectivity index is 2.32. The summed E-state index contributed by atoms with van der Waals surface area (Å²) in [5.74, 6) is -0.245.